The summed E-state index contributed by atoms with van der Waals surface area (Å²) in [5.74, 6) is 2.79. The SMILES string of the molecule is CN(CC1CC2CCC1C2)c1cc(Br)ccc1C(N)=S. The second-order valence-corrected chi connectivity index (χ2v) is 7.70. The van der Waals surface area contributed by atoms with Crippen LogP contribution in [0.3, 0.4) is 0 Å². The number of fused-ring (bicyclic) bond motifs is 2. The topological polar surface area (TPSA) is 29.3 Å². The second kappa shape index (κ2) is 5.64. The van der Waals surface area contributed by atoms with Crippen molar-refractivity contribution in [2.24, 2.45) is 23.5 Å². The fraction of sp³-hybridized carbons (Fsp3) is 0.562. The quantitative estimate of drug-likeness (QED) is 0.831. The Labute approximate surface area is 134 Å². The van der Waals surface area contributed by atoms with Crippen LogP contribution in [0.5, 0.6) is 0 Å². The maximum atomic E-state index is 5.86. The van der Waals surface area contributed by atoms with Crippen molar-refractivity contribution in [2.45, 2.75) is 25.7 Å². The van der Waals surface area contributed by atoms with Crippen LogP contribution >= 0.6 is 28.1 Å². The van der Waals surface area contributed by atoms with E-state index < -0.39 is 0 Å². The van der Waals surface area contributed by atoms with E-state index in [0.717, 1.165) is 40.0 Å². The van der Waals surface area contributed by atoms with E-state index in [4.69, 9.17) is 18.0 Å². The lowest BCUT2D eigenvalue weighted by Gasteiger charge is -2.30. The Morgan fingerprint density at radius 3 is 2.80 bits per heavy atom. The second-order valence-electron chi connectivity index (χ2n) is 6.34. The third-order valence-corrected chi connectivity index (χ3v) is 5.74. The summed E-state index contributed by atoms with van der Waals surface area (Å²) in [7, 11) is 2.16. The van der Waals surface area contributed by atoms with E-state index in [1.54, 1.807) is 0 Å². The minimum Gasteiger partial charge on any atom is -0.389 e. The first-order valence-corrected chi connectivity index (χ1v) is 8.55. The summed E-state index contributed by atoms with van der Waals surface area (Å²) in [6.45, 7) is 1.12. The molecule has 2 N–H and O–H groups in total. The number of nitrogens with zero attached hydrogens (tertiary/aromatic N) is 1. The number of thiocarbonyl (C=S) groups is 1. The van der Waals surface area contributed by atoms with Crippen molar-refractivity contribution >= 4 is 38.8 Å². The maximum Gasteiger partial charge on any atom is 0.106 e. The highest BCUT2D eigenvalue weighted by Gasteiger charge is 2.39. The molecule has 2 nitrogen and oxygen atoms in total. The van der Waals surface area contributed by atoms with Gasteiger partial charge in [0, 0.05) is 29.3 Å². The molecule has 1 aromatic carbocycles. The summed E-state index contributed by atoms with van der Waals surface area (Å²) in [4.78, 5) is 2.82. The highest BCUT2D eigenvalue weighted by molar-refractivity contribution is 9.10. The zero-order valence-corrected chi connectivity index (χ0v) is 14.2. The summed E-state index contributed by atoms with van der Waals surface area (Å²) >= 11 is 8.73. The van der Waals surface area contributed by atoms with Crippen molar-refractivity contribution in [3.63, 3.8) is 0 Å². The molecule has 0 heterocycles. The summed E-state index contributed by atoms with van der Waals surface area (Å²) in [5.41, 5.74) is 7.99. The minimum atomic E-state index is 0.479. The summed E-state index contributed by atoms with van der Waals surface area (Å²) in [5, 5.41) is 0. The van der Waals surface area contributed by atoms with Gasteiger partial charge in [0.2, 0.25) is 0 Å². The molecule has 1 aromatic rings. The van der Waals surface area contributed by atoms with Crippen LogP contribution in [0.2, 0.25) is 0 Å². The number of hydrogen-bond donors (Lipinski definition) is 1. The van der Waals surface area contributed by atoms with Crippen molar-refractivity contribution in [1.82, 2.24) is 0 Å². The van der Waals surface area contributed by atoms with Gasteiger partial charge in [-0.1, -0.05) is 34.6 Å². The van der Waals surface area contributed by atoms with Gasteiger partial charge in [-0.2, -0.15) is 0 Å². The van der Waals surface area contributed by atoms with Gasteiger partial charge in [0.15, 0.2) is 0 Å². The fourth-order valence-electron chi connectivity index (χ4n) is 4.08. The number of benzene rings is 1. The first-order chi connectivity index (χ1) is 9.54. The van der Waals surface area contributed by atoms with E-state index in [-0.39, 0.29) is 0 Å². The molecule has 0 aromatic heterocycles. The van der Waals surface area contributed by atoms with Crippen LogP contribution in [0.4, 0.5) is 5.69 Å². The molecular weight excluding hydrogens is 332 g/mol. The number of anilines is 1. The standard InChI is InChI=1S/C16H21BrN2S/c1-19(9-12-7-10-2-3-11(12)6-10)15-8-13(17)4-5-14(15)16(18)20/h4-5,8,10-12H,2-3,6-7,9H2,1H3,(H2,18,20). The Kier molecular flexibility index (Phi) is 4.04. The monoisotopic (exact) mass is 352 g/mol. The maximum absolute atomic E-state index is 5.86. The first kappa shape index (κ1) is 14.3. The van der Waals surface area contributed by atoms with Gasteiger partial charge in [-0.25, -0.2) is 0 Å². The van der Waals surface area contributed by atoms with Gasteiger partial charge in [-0.05, 0) is 55.2 Å². The molecule has 3 rings (SSSR count). The molecule has 2 aliphatic carbocycles. The van der Waals surface area contributed by atoms with E-state index in [1.165, 1.54) is 25.7 Å². The van der Waals surface area contributed by atoms with Crippen LogP contribution in [0.1, 0.15) is 31.2 Å². The molecule has 2 bridgehead atoms. The highest BCUT2D eigenvalue weighted by atomic mass is 79.9. The zero-order valence-electron chi connectivity index (χ0n) is 11.8. The normalized spacial score (nSPS) is 27.8. The zero-order chi connectivity index (χ0) is 14.3. The smallest absolute Gasteiger partial charge is 0.106 e. The molecule has 2 saturated carbocycles. The minimum absolute atomic E-state index is 0.479. The summed E-state index contributed by atoms with van der Waals surface area (Å²) in [6.07, 6.45) is 5.76. The third-order valence-electron chi connectivity index (χ3n) is 5.03. The molecule has 2 fully saturated rings. The Balaban J connectivity index is 1.78. The van der Waals surface area contributed by atoms with Crippen LogP contribution in [-0.4, -0.2) is 18.6 Å². The van der Waals surface area contributed by atoms with Crippen molar-refractivity contribution in [1.29, 1.82) is 0 Å². The Morgan fingerprint density at radius 2 is 2.20 bits per heavy atom. The lowest BCUT2D eigenvalue weighted by atomic mass is 9.88. The van der Waals surface area contributed by atoms with Gasteiger partial charge < -0.3 is 10.6 Å². The van der Waals surface area contributed by atoms with Gasteiger partial charge in [-0.3, -0.25) is 0 Å². The van der Waals surface area contributed by atoms with E-state index in [2.05, 4.69) is 33.9 Å². The molecule has 108 valence electrons. The molecule has 0 radical (unpaired) electrons. The Morgan fingerprint density at radius 1 is 1.40 bits per heavy atom. The van der Waals surface area contributed by atoms with Crippen molar-refractivity contribution in [3.05, 3.63) is 28.2 Å². The number of rotatable bonds is 4. The molecule has 20 heavy (non-hydrogen) atoms. The van der Waals surface area contributed by atoms with Gasteiger partial charge in [-0.15, -0.1) is 0 Å². The van der Waals surface area contributed by atoms with Gasteiger partial charge >= 0.3 is 0 Å². The van der Waals surface area contributed by atoms with Gasteiger partial charge in [0.1, 0.15) is 4.99 Å². The number of nitrogens with two attached hydrogens (primary N) is 1. The molecule has 2 aliphatic rings. The largest absolute Gasteiger partial charge is 0.389 e. The van der Waals surface area contributed by atoms with E-state index in [9.17, 15) is 0 Å². The van der Waals surface area contributed by atoms with Crippen LogP contribution < -0.4 is 10.6 Å². The fourth-order valence-corrected chi connectivity index (χ4v) is 4.60. The lowest BCUT2D eigenvalue weighted by molar-refractivity contribution is 0.337. The third kappa shape index (κ3) is 2.73. The molecular formula is C16H21BrN2S. The number of hydrogen-bond acceptors (Lipinski definition) is 2. The first-order valence-electron chi connectivity index (χ1n) is 7.35. The lowest BCUT2D eigenvalue weighted by Crippen LogP contribution is -2.30. The average Bonchev–Trinajstić information content (AvgIpc) is 3.00. The molecule has 0 aliphatic heterocycles. The predicted molar refractivity (Wildman–Crippen MR) is 92.2 cm³/mol. The van der Waals surface area contributed by atoms with Crippen LogP contribution in [0, 0.1) is 17.8 Å². The molecule has 0 amide bonds. The average molecular weight is 353 g/mol. The van der Waals surface area contributed by atoms with Crippen molar-refractivity contribution in [3.8, 4) is 0 Å². The van der Waals surface area contributed by atoms with Gasteiger partial charge in [0.05, 0.1) is 0 Å². The predicted octanol–water partition coefficient (Wildman–Crippen LogP) is 3.96. The molecule has 4 heteroatoms. The highest BCUT2D eigenvalue weighted by Crippen LogP contribution is 2.48. The summed E-state index contributed by atoms with van der Waals surface area (Å²) < 4.78 is 1.08. The van der Waals surface area contributed by atoms with E-state index in [0.29, 0.717) is 4.99 Å². The molecule has 3 atom stereocenters. The van der Waals surface area contributed by atoms with Crippen molar-refractivity contribution < 1.29 is 0 Å². The summed E-state index contributed by atoms with van der Waals surface area (Å²) in [6, 6.07) is 6.14. The van der Waals surface area contributed by atoms with Crippen LogP contribution in [-0.2, 0) is 0 Å². The molecule has 0 spiro atoms. The van der Waals surface area contributed by atoms with E-state index >= 15 is 0 Å². The van der Waals surface area contributed by atoms with Crippen molar-refractivity contribution in [2.75, 3.05) is 18.5 Å². The Hall–Kier alpha value is -0.610. The van der Waals surface area contributed by atoms with Crippen LogP contribution in [0.25, 0.3) is 0 Å². The van der Waals surface area contributed by atoms with Crippen LogP contribution in [0.15, 0.2) is 22.7 Å². The van der Waals surface area contributed by atoms with Gasteiger partial charge in [0.25, 0.3) is 0 Å². The molecule has 0 saturated heterocycles. The number of halogens is 1. The Bertz CT molecular complexity index is 531. The molecule has 3 unspecified atom stereocenters. The van der Waals surface area contributed by atoms with E-state index in [1.807, 2.05) is 12.1 Å².